The molecule has 1 amide bonds. The Labute approximate surface area is 96.8 Å². The summed E-state index contributed by atoms with van der Waals surface area (Å²) in [6.45, 7) is 5.91. The molecule has 0 aliphatic rings. The molecule has 0 saturated heterocycles. The maximum absolute atomic E-state index is 11.3. The number of nitrogens with one attached hydrogen (secondary N) is 2. The van der Waals surface area contributed by atoms with E-state index in [-0.39, 0.29) is 31.1 Å². The molecule has 0 aliphatic carbocycles. The zero-order valence-corrected chi connectivity index (χ0v) is 10.3. The van der Waals surface area contributed by atoms with Crippen molar-refractivity contribution < 1.29 is 9.90 Å². The third-order valence-electron chi connectivity index (χ3n) is 2.22. The minimum Gasteiger partial charge on any atom is -0.389 e. The average molecular weight is 232 g/mol. The molecule has 2 atom stereocenters. The highest BCUT2D eigenvalue weighted by atomic mass is 16.3. The fraction of sp³-hybridized carbons (Fsp3) is 0.900. The summed E-state index contributed by atoms with van der Waals surface area (Å²) in [5, 5.41) is 15.0. The predicted molar refractivity (Wildman–Crippen MR) is 63.8 cm³/mol. The Morgan fingerprint density at radius 2 is 2.06 bits per heavy atom. The Balaban J connectivity index is 3.73. The van der Waals surface area contributed by atoms with E-state index in [1.807, 2.05) is 6.92 Å². The standard InChI is InChI=1S/C10H24N4O2/c1-7(8(12)4-11)13-5-9(15)14-6-10(2,3)16/h7-8,13,16H,4-6,11-12H2,1-3H3,(H,14,15). The Kier molecular flexibility index (Phi) is 6.51. The SMILES string of the molecule is CC(NCC(=O)NCC(C)(C)O)C(N)CN. The molecule has 0 spiro atoms. The van der Waals surface area contributed by atoms with Crippen molar-refractivity contribution in [3.63, 3.8) is 0 Å². The highest BCUT2D eigenvalue weighted by molar-refractivity contribution is 5.78. The van der Waals surface area contributed by atoms with Crippen LogP contribution >= 0.6 is 0 Å². The molecule has 96 valence electrons. The summed E-state index contributed by atoms with van der Waals surface area (Å²) in [5.74, 6) is -0.168. The minimum atomic E-state index is -0.894. The smallest absolute Gasteiger partial charge is 0.234 e. The van der Waals surface area contributed by atoms with Crippen molar-refractivity contribution in [1.29, 1.82) is 0 Å². The molecule has 0 aliphatic heterocycles. The number of aliphatic hydroxyl groups is 1. The van der Waals surface area contributed by atoms with Gasteiger partial charge in [-0.3, -0.25) is 4.79 Å². The van der Waals surface area contributed by atoms with Gasteiger partial charge in [0.25, 0.3) is 0 Å². The van der Waals surface area contributed by atoms with Crippen LogP contribution in [0.15, 0.2) is 0 Å². The largest absolute Gasteiger partial charge is 0.389 e. The maximum Gasteiger partial charge on any atom is 0.234 e. The van der Waals surface area contributed by atoms with Crippen molar-refractivity contribution in [3.05, 3.63) is 0 Å². The first-order valence-corrected chi connectivity index (χ1v) is 5.44. The van der Waals surface area contributed by atoms with Gasteiger partial charge in [0.05, 0.1) is 12.1 Å². The van der Waals surface area contributed by atoms with E-state index in [4.69, 9.17) is 11.5 Å². The van der Waals surface area contributed by atoms with Crippen LogP contribution in [0, 0.1) is 0 Å². The second kappa shape index (κ2) is 6.80. The zero-order chi connectivity index (χ0) is 12.8. The van der Waals surface area contributed by atoms with Gasteiger partial charge in [0, 0.05) is 25.2 Å². The number of amides is 1. The van der Waals surface area contributed by atoms with E-state index < -0.39 is 5.60 Å². The summed E-state index contributed by atoms with van der Waals surface area (Å²) in [5.41, 5.74) is 10.2. The van der Waals surface area contributed by atoms with Crippen LogP contribution in [0.3, 0.4) is 0 Å². The van der Waals surface area contributed by atoms with E-state index in [9.17, 15) is 9.90 Å². The molecule has 2 unspecified atom stereocenters. The molecule has 0 heterocycles. The minimum absolute atomic E-state index is 0.0158. The lowest BCUT2D eigenvalue weighted by Gasteiger charge is -2.21. The quantitative estimate of drug-likeness (QED) is 0.353. The zero-order valence-electron chi connectivity index (χ0n) is 10.3. The third kappa shape index (κ3) is 7.58. The summed E-state index contributed by atoms with van der Waals surface area (Å²) in [4.78, 5) is 11.3. The van der Waals surface area contributed by atoms with Gasteiger partial charge in [0.2, 0.25) is 5.91 Å². The molecule has 0 aromatic carbocycles. The molecule has 7 N–H and O–H groups in total. The summed E-state index contributed by atoms with van der Waals surface area (Å²) in [6.07, 6.45) is 0. The van der Waals surface area contributed by atoms with Crippen LogP contribution in [0.25, 0.3) is 0 Å². The van der Waals surface area contributed by atoms with Crippen LogP contribution in [0.2, 0.25) is 0 Å². The second-order valence-electron chi connectivity index (χ2n) is 4.66. The monoisotopic (exact) mass is 232 g/mol. The first kappa shape index (κ1) is 15.3. The molecule has 0 saturated carbocycles. The average Bonchev–Trinajstić information content (AvgIpc) is 2.20. The Morgan fingerprint density at radius 1 is 1.50 bits per heavy atom. The van der Waals surface area contributed by atoms with E-state index in [1.165, 1.54) is 0 Å². The van der Waals surface area contributed by atoms with E-state index >= 15 is 0 Å². The molecular formula is C10H24N4O2. The molecular weight excluding hydrogens is 208 g/mol. The normalized spacial score (nSPS) is 15.6. The lowest BCUT2D eigenvalue weighted by atomic mass is 10.1. The topological polar surface area (TPSA) is 113 Å². The van der Waals surface area contributed by atoms with Gasteiger partial charge in [0.1, 0.15) is 0 Å². The van der Waals surface area contributed by atoms with Crippen LogP contribution < -0.4 is 22.1 Å². The summed E-state index contributed by atoms with van der Waals surface area (Å²) >= 11 is 0. The van der Waals surface area contributed by atoms with Gasteiger partial charge in [0.15, 0.2) is 0 Å². The number of nitrogens with two attached hydrogens (primary N) is 2. The molecule has 0 aromatic heterocycles. The number of carbonyl (C=O) groups excluding carboxylic acids is 1. The maximum atomic E-state index is 11.3. The van der Waals surface area contributed by atoms with Crippen LogP contribution in [0.5, 0.6) is 0 Å². The molecule has 0 rings (SSSR count). The fourth-order valence-electron chi connectivity index (χ4n) is 0.987. The number of carbonyl (C=O) groups is 1. The van der Waals surface area contributed by atoms with E-state index in [2.05, 4.69) is 10.6 Å². The highest BCUT2D eigenvalue weighted by Crippen LogP contribution is 1.96. The van der Waals surface area contributed by atoms with Gasteiger partial charge in [-0.15, -0.1) is 0 Å². The van der Waals surface area contributed by atoms with Gasteiger partial charge >= 0.3 is 0 Å². The highest BCUT2D eigenvalue weighted by Gasteiger charge is 2.15. The van der Waals surface area contributed by atoms with Gasteiger partial charge < -0.3 is 27.2 Å². The number of rotatable bonds is 7. The van der Waals surface area contributed by atoms with Crippen LogP contribution in [-0.4, -0.2) is 48.3 Å². The molecule has 6 heteroatoms. The van der Waals surface area contributed by atoms with Gasteiger partial charge in [-0.25, -0.2) is 0 Å². The van der Waals surface area contributed by atoms with Crippen LogP contribution in [0.4, 0.5) is 0 Å². The lowest BCUT2D eigenvalue weighted by Crippen LogP contribution is -2.50. The molecule has 16 heavy (non-hydrogen) atoms. The summed E-state index contributed by atoms with van der Waals surface area (Å²) < 4.78 is 0. The van der Waals surface area contributed by atoms with Crippen molar-refractivity contribution in [1.82, 2.24) is 10.6 Å². The fourth-order valence-corrected chi connectivity index (χ4v) is 0.987. The number of hydrogen-bond acceptors (Lipinski definition) is 5. The van der Waals surface area contributed by atoms with Crippen molar-refractivity contribution in [3.8, 4) is 0 Å². The van der Waals surface area contributed by atoms with Crippen molar-refractivity contribution >= 4 is 5.91 Å². The Morgan fingerprint density at radius 3 is 2.50 bits per heavy atom. The van der Waals surface area contributed by atoms with Crippen molar-refractivity contribution in [2.75, 3.05) is 19.6 Å². The lowest BCUT2D eigenvalue weighted by molar-refractivity contribution is -0.121. The molecule has 0 radical (unpaired) electrons. The molecule has 0 fully saturated rings. The van der Waals surface area contributed by atoms with Crippen molar-refractivity contribution in [2.24, 2.45) is 11.5 Å². The number of hydrogen-bond donors (Lipinski definition) is 5. The van der Waals surface area contributed by atoms with Crippen LogP contribution in [0.1, 0.15) is 20.8 Å². The van der Waals surface area contributed by atoms with Gasteiger partial charge in [-0.2, -0.15) is 0 Å². The molecule has 6 nitrogen and oxygen atoms in total. The first-order chi connectivity index (χ1) is 7.26. The third-order valence-corrected chi connectivity index (χ3v) is 2.22. The van der Waals surface area contributed by atoms with Crippen molar-refractivity contribution in [2.45, 2.75) is 38.5 Å². The Bertz CT molecular complexity index is 215. The first-order valence-electron chi connectivity index (χ1n) is 5.44. The summed E-state index contributed by atoms with van der Waals surface area (Å²) in [7, 11) is 0. The molecule has 0 aromatic rings. The van der Waals surface area contributed by atoms with E-state index in [0.717, 1.165) is 0 Å². The van der Waals surface area contributed by atoms with E-state index in [0.29, 0.717) is 6.54 Å². The van der Waals surface area contributed by atoms with E-state index in [1.54, 1.807) is 13.8 Å². The summed E-state index contributed by atoms with van der Waals surface area (Å²) in [6, 6.07) is -0.181. The Hall–Kier alpha value is -0.690. The van der Waals surface area contributed by atoms with Crippen LogP contribution in [-0.2, 0) is 4.79 Å². The van der Waals surface area contributed by atoms with Gasteiger partial charge in [-0.05, 0) is 20.8 Å². The predicted octanol–water partition coefficient (Wildman–Crippen LogP) is -1.86. The second-order valence-corrected chi connectivity index (χ2v) is 4.66. The van der Waals surface area contributed by atoms with Gasteiger partial charge in [-0.1, -0.05) is 0 Å². The molecule has 0 bridgehead atoms.